The van der Waals surface area contributed by atoms with E-state index in [1.165, 1.54) is 17.7 Å². The number of urea groups is 1. The Morgan fingerprint density at radius 1 is 0.971 bits per heavy atom. The van der Waals surface area contributed by atoms with Crippen LogP contribution in [0, 0.1) is 0 Å². The van der Waals surface area contributed by atoms with Gasteiger partial charge in [0.1, 0.15) is 0 Å². The lowest BCUT2D eigenvalue weighted by Gasteiger charge is -2.31. The van der Waals surface area contributed by atoms with Crippen molar-refractivity contribution in [2.75, 3.05) is 5.32 Å². The van der Waals surface area contributed by atoms with Crippen LogP contribution in [0.2, 0.25) is 0 Å². The fraction of sp³-hybridized carbons (Fsp3) is 0.179. The van der Waals surface area contributed by atoms with Gasteiger partial charge in [-0.1, -0.05) is 55.5 Å². The molecule has 0 aliphatic carbocycles. The van der Waals surface area contributed by atoms with Gasteiger partial charge in [0, 0.05) is 17.6 Å². The second-order valence-corrected chi connectivity index (χ2v) is 8.57. The van der Waals surface area contributed by atoms with Crippen molar-refractivity contribution in [3.63, 3.8) is 0 Å². The number of alkyl halides is 3. The number of aromatic nitrogens is 1. The van der Waals surface area contributed by atoms with Crippen molar-refractivity contribution < 1.29 is 18.0 Å². The molecule has 2 amide bonds. The van der Waals surface area contributed by atoms with Crippen molar-refractivity contribution in [3.8, 4) is 5.69 Å². The molecule has 178 valence electrons. The molecular weight excluding hydrogens is 451 g/mol. The predicted octanol–water partition coefficient (Wildman–Crippen LogP) is 7.20. The number of halogens is 3. The largest absolute Gasteiger partial charge is 0.416 e. The molecular formula is C28H24F3N3O. The van der Waals surface area contributed by atoms with E-state index >= 15 is 0 Å². The number of benzene rings is 3. The summed E-state index contributed by atoms with van der Waals surface area (Å²) in [5.74, 6) is 0. The van der Waals surface area contributed by atoms with Gasteiger partial charge in [-0.2, -0.15) is 13.2 Å². The zero-order valence-corrected chi connectivity index (χ0v) is 19.1. The molecule has 0 saturated carbocycles. The van der Waals surface area contributed by atoms with Crippen molar-refractivity contribution in [3.05, 3.63) is 119 Å². The molecule has 1 atom stereocenters. The summed E-state index contributed by atoms with van der Waals surface area (Å²) in [6.45, 7) is 2.38. The van der Waals surface area contributed by atoms with Crippen molar-refractivity contribution >= 4 is 11.7 Å². The van der Waals surface area contributed by atoms with Crippen LogP contribution in [0.15, 0.2) is 91.1 Å². The molecule has 0 bridgehead atoms. The second kappa shape index (κ2) is 8.98. The monoisotopic (exact) mass is 475 g/mol. The highest BCUT2D eigenvalue weighted by Crippen LogP contribution is 2.37. The first-order valence-electron chi connectivity index (χ1n) is 11.4. The number of nitrogens with zero attached hydrogens (tertiary/aromatic N) is 2. The van der Waals surface area contributed by atoms with Crippen LogP contribution < -0.4 is 5.32 Å². The lowest BCUT2D eigenvalue weighted by Crippen LogP contribution is -2.38. The second-order valence-electron chi connectivity index (χ2n) is 8.57. The summed E-state index contributed by atoms with van der Waals surface area (Å²) in [4.78, 5) is 15.3. The molecule has 4 aromatic rings. The molecule has 3 aromatic carbocycles. The van der Waals surface area contributed by atoms with Crippen LogP contribution in [-0.4, -0.2) is 15.5 Å². The molecule has 0 fully saturated rings. The van der Waals surface area contributed by atoms with Crippen LogP contribution in [0.25, 0.3) is 5.69 Å². The number of hydrogen-bond donors (Lipinski definition) is 1. The Morgan fingerprint density at radius 3 is 2.49 bits per heavy atom. The van der Waals surface area contributed by atoms with Gasteiger partial charge >= 0.3 is 12.2 Å². The summed E-state index contributed by atoms with van der Waals surface area (Å²) in [7, 11) is 0. The SMILES string of the molecule is CCc1ccc([C@@H]2c3cccn3-c3ccccc3CN2C(=O)Nc2cccc(C(F)(F)F)c2)cc1. The zero-order chi connectivity index (χ0) is 24.6. The average molecular weight is 476 g/mol. The quantitative estimate of drug-likeness (QED) is 0.334. The number of anilines is 1. The number of carbonyl (C=O) groups excluding carboxylic acids is 1. The van der Waals surface area contributed by atoms with Crippen LogP contribution in [0.4, 0.5) is 23.7 Å². The van der Waals surface area contributed by atoms with Gasteiger partial charge in [-0.15, -0.1) is 0 Å². The van der Waals surface area contributed by atoms with Gasteiger partial charge in [-0.25, -0.2) is 4.79 Å². The minimum Gasteiger partial charge on any atom is -0.318 e. The van der Waals surface area contributed by atoms with Gasteiger partial charge in [-0.05, 0) is 59.5 Å². The normalized spacial score (nSPS) is 15.2. The maximum atomic E-state index is 13.7. The first-order valence-corrected chi connectivity index (χ1v) is 11.4. The number of carbonyl (C=O) groups is 1. The van der Waals surface area contributed by atoms with Crippen molar-refractivity contribution in [1.29, 1.82) is 0 Å². The van der Waals surface area contributed by atoms with E-state index in [-0.39, 0.29) is 5.69 Å². The van der Waals surface area contributed by atoms with E-state index in [0.717, 1.165) is 41.1 Å². The fourth-order valence-corrected chi connectivity index (χ4v) is 4.59. The van der Waals surface area contributed by atoms with Gasteiger partial charge in [0.2, 0.25) is 0 Å². The lowest BCUT2D eigenvalue weighted by molar-refractivity contribution is -0.137. The standard InChI is InChI=1S/C28H24F3N3O/c1-2-19-12-14-20(15-13-19)26-25-11-6-16-33(25)24-10-4-3-7-21(24)18-34(26)27(35)32-23-9-5-8-22(17-23)28(29,30)31/h3-17,26H,2,18H2,1H3,(H,32,35)/t26-/m1/s1. The fourth-order valence-electron chi connectivity index (χ4n) is 4.59. The number of aryl methyl sites for hydroxylation is 1. The van der Waals surface area contributed by atoms with E-state index in [1.54, 1.807) is 4.90 Å². The van der Waals surface area contributed by atoms with Crippen LogP contribution in [0.3, 0.4) is 0 Å². The minimum absolute atomic E-state index is 0.0952. The van der Waals surface area contributed by atoms with E-state index in [1.807, 2.05) is 66.9 Å². The van der Waals surface area contributed by atoms with Crippen LogP contribution in [0.5, 0.6) is 0 Å². The number of amides is 2. The summed E-state index contributed by atoms with van der Waals surface area (Å²) in [6.07, 6.45) is -1.63. The highest BCUT2D eigenvalue weighted by Gasteiger charge is 2.34. The number of rotatable bonds is 3. The Labute approximate surface area is 201 Å². The smallest absolute Gasteiger partial charge is 0.318 e. The van der Waals surface area contributed by atoms with Gasteiger partial charge in [0.05, 0.1) is 23.8 Å². The van der Waals surface area contributed by atoms with Crippen molar-refractivity contribution in [2.45, 2.75) is 32.1 Å². The third-order valence-electron chi connectivity index (χ3n) is 6.37. The molecule has 0 saturated heterocycles. The Bertz CT molecular complexity index is 1360. The first kappa shape index (κ1) is 22.8. The molecule has 1 N–H and O–H groups in total. The molecule has 2 heterocycles. The van der Waals surface area contributed by atoms with E-state index in [0.29, 0.717) is 6.54 Å². The van der Waals surface area contributed by atoms with Gasteiger partial charge in [-0.3, -0.25) is 0 Å². The molecule has 1 aliphatic rings. The summed E-state index contributed by atoms with van der Waals surface area (Å²) in [6, 6.07) is 23.7. The van der Waals surface area contributed by atoms with E-state index in [2.05, 4.69) is 16.8 Å². The predicted molar refractivity (Wildman–Crippen MR) is 129 cm³/mol. The Kier molecular flexibility index (Phi) is 5.84. The molecule has 1 aromatic heterocycles. The topological polar surface area (TPSA) is 37.3 Å². The molecule has 0 radical (unpaired) electrons. The summed E-state index contributed by atoms with van der Waals surface area (Å²) < 4.78 is 41.8. The van der Waals surface area contributed by atoms with Gasteiger partial charge in [0.15, 0.2) is 0 Å². The van der Waals surface area contributed by atoms with Crippen LogP contribution in [0.1, 0.15) is 40.9 Å². The molecule has 0 unspecified atom stereocenters. The number of hydrogen-bond acceptors (Lipinski definition) is 1. The van der Waals surface area contributed by atoms with Crippen LogP contribution >= 0.6 is 0 Å². The highest BCUT2D eigenvalue weighted by molar-refractivity contribution is 5.90. The van der Waals surface area contributed by atoms with E-state index in [9.17, 15) is 18.0 Å². The minimum atomic E-state index is -4.49. The van der Waals surface area contributed by atoms with Crippen molar-refractivity contribution in [1.82, 2.24) is 9.47 Å². The molecule has 0 spiro atoms. The van der Waals surface area contributed by atoms with Crippen LogP contribution in [-0.2, 0) is 19.1 Å². The summed E-state index contributed by atoms with van der Waals surface area (Å²) in [5, 5.41) is 2.71. The lowest BCUT2D eigenvalue weighted by atomic mass is 10.00. The Hall–Kier alpha value is -4.00. The molecule has 7 heteroatoms. The summed E-state index contributed by atoms with van der Waals surface area (Å²) >= 11 is 0. The number of fused-ring (bicyclic) bond motifs is 3. The molecule has 1 aliphatic heterocycles. The summed E-state index contributed by atoms with van der Waals surface area (Å²) in [5.41, 5.74) is 4.21. The Balaban J connectivity index is 1.58. The molecule has 35 heavy (non-hydrogen) atoms. The first-order chi connectivity index (χ1) is 16.8. The maximum Gasteiger partial charge on any atom is 0.416 e. The molecule has 5 rings (SSSR count). The molecule has 4 nitrogen and oxygen atoms in total. The number of nitrogens with one attached hydrogen (secondary N) is 1. The average Bonchev–Trinajstić information content (AvgIpc) is 3.28. The van der Waals surface area contributed by atoms with Gasteiger partial charge in [0.25, 0.3) is 0 Å². The zero-order valence-electron chi connectivity index (χ0n) is 19.1. The maximum absolute atomic E-state index is 13.7. The Morgan fingerprint density at radius 2 is 1.74 bits per heavy atom. The number of para-hydroxylation sites is 1. The van der Waals surface area contributed by atoms with Gasteiger partial charge < -0.3 is 14.8 Å². The van der Waals surface area contributed by atoms with Crippen molar-refractivity contribution in [2.24, 2.45) is 0 Å². The van der Waals surface area contributed by atoms with E-state index < -0.39 is 23.8 Å². The third-order valence-corrected chi connectivity index (χ3v) is 6.37. The van der Waals surface area contributed by atoms with E-state index in [4.69, 9.17) is 0 Å². The highest BCUT2D eigenvalue weighted by atomic mass is 19.4. The third kappa shape index (κ3) is 4.41.